The minimum atomic E-state index is -0.157. The topological polar surface area (TPSA) is 74.2 Å². The van der Waals surface area contributed by atoms with Gasteiger partial charge in [0.25, 0.3) is 5.91 Å². The molecule has 3 heterocycles. The van der Waals surface area contributed by atoms with Crippen LogP contribution in [0.25, 0.3) is 11.5 Å². The molecule has 6 heteroatoms. The van der Waals surface area contributed by atoms with E-state index in [9.17, 15) is 4.79 Å². The van der Waals surface area contributed by atoms with E-state index < -0.39 is 0 Å². The van der Waals surface area contributed by atoms with E-state index >= 15 is 0 Å². The van der Waals surface area contributed by atoms with E-state index in [1.165, 1.54) is 12.8 Å². The van der Waals surface area contributed by atoms with Crippen molar-refractivity contribution in [3.63, 3.8) is 0 Å². The largest absolute Gasteiger partial charge is 0.463 e. The fourth-order valence-electron chi connectivity index (χ4n) is 3.08. The van der Waals surface area contributed by atoms with Crippen molar-refractivity contribution in [3.05, 3.63) is 30.2 Å². The van der Waals surface area contributed by atoms with Gasteiger partial charge in [-0.15, -0.1) is 0 Å². The number of hydrogen-bond donors (Lipinski definition) is 2. The molecule has 2 aromatic heterocycles. The molecule has 2 aromatic rings. The van der Waals surface area contributed by atoms with Crippen molar-refractivity contribution < 1.29 is 9.21 Å². The quantitative estimate of drug-likeness (QED) is 0.889. The van der Waals surface area contributed by atoms with Gasteiger partial charge in [0, 0.05) is 25.2 Å². The summed E-state index contributed by atoms with van der Waals surface area (Å²) in [6.45, 7) is 7.32. The van der Waals surface area contributed by atoms with Gasteiger partial charge in [-0.3, -0.25) is 14.8 Å². The predicted molar refractivity (Wildman–Crippen MR) is 88.1 cm³/mol. The molecule has 1 fully saturated rings. The summed E-state index contributed by atoms with van der Waals surface area (Å²) < 4.78 is 5.29. The van der Waals surface area contributed by atoms with E-state index in [4.69, 9.17) is 4.42 Å². The molecule has 6 nitrogen and oxygen atoms in total. The molecular weight excluding hydrogens is 292 g/mol. The third kappa shape index (κ3) is 3.82. The minimum absolute atomic E-state index is 0.157. The number of hydrogen-bond acceptors (Lipinski definition) is 4. The van der Waals surface area contributed by atoms with Crippen LogP contribution in [0.15, 0.2) is 28.9 Å². The maximum atomic E-state index is 12.2. The summed E-state index contributed by atoms with van der Waals surface area (Å²) in [4.78, 5) is 14.7. The van der Waals surface area contributed by atoms with E-state index in [-0.39, 0.29) is 5.91 Å². The monoisotopic (exact) mass is 316 g/mol. The van der Waals surface area contributed by atoms with Crippen LogP contribution in [0.2, 0.25) is 0 Å². The Bertz CT molecular complexity index is 635. The molecule has 0 spiro atoms. The number of nitrogens with one attached hydrogen (secondary N) is 2. The van der Waals surface area contributed by atoms with Crippen LogP contribution in [0.1, 0.15) is 37.2 Å². The zero-order valence-electron chi connectivity index (χ0n) is 13.7. The minimum Gasteiger partial charge on any atom is -0.463 e. The molecule has 1 amide bonds. The molecular formula is C17H24N4O2. The first-order valence-electron chi connectivity index (χ1n) is 8.25. The molecule has 0 aliphatic carbocycles. The Labute approximate surface area is 136 Å². The molecule has 124 valence electrons. The highest BCUT2D eigenvalue weighted by molar-refractivity contribution is 5.93. The summed E-state index contributed by atoms with van der Waals surface area (Å²) in [5.74, 6) is 1.26. The third-order valence-corrected chi connectivity index (χ3v) is 4.47. The molecule has 0 saturated carbocycles. The lowest BCUT2D eigenvalue weighted by Crippen LogP contribution is -2.46. The SMILES string of the molecule is CC1CCCN(C(C)CNC(=O)c2cc(-c3ccco3)[nH]n2)C1. The van der Waals surface area contributed by atoms with Crippen molar-refractivity contribution in [2.45, 2.75) is 32.7 Å². The highest BCUT2D eigenvalue weighted by atomic mass is 16.3. The first kappa shape index (κ1) is 15.8. The average Bonchev–Trinajstić information content (AvgIpc) is 3.22. The summed E-state index contributed by atoms with van der Waals surface area (Å²) in [7, 11) is 0. The Morgan fingerprint density at radius 1 is 1.61 bits per heavy atom. The van der Waals surface area contributed by atoms with Crippen molar-refractivity contribution in [1.29, 1.82) is 0 Å². The molecule has 2 unspecified atom stereocenters. The van der Waals surface area contributed by atoms with E-state index in [1.807, 2.05) is 6.07 Å². The summed E-state index contributed by atoms with van der Waals surface area (Å²) in [5.41, 5.74) is 1.09. The Balaban J connectivity index is 1.53. The highest BCUT2D eigenvalue weighted by Gasteiger charge is 2.21. The first-order chi connectivity index (χ1) is 11.1. The molecule has 3 rings (SSSR count). The van der Waals surface area contributed by atoms with Crippen molar-refractivity contribution in [3.8, 4) is 11.5 Å². The lowest BCUT2D eigenvalue weighted by molar-refractivity contribution is 0.0912. The Hall–Kier alpha value is -2.08. The van der Waals surface area contributed by atoms with Crippen LogP contribution in [0.5, 0.6) is 0 Å². The van der Waals surface area contributed by atoms with Crippen LogP contribution in [0, 0.1) is 5.92 Å². The normalized spacial score (nSPS) is 20.3. The Morgan fingerprint density at radius 2 is 2.48 bits per heavy atom. The number of carbonyl (C=O) groups excluding carboxylic acids is 1. The smallest absolute Gasteiger partial charge is 0.271 e. The van der Waals surface area contributed by atoms with Gasteiger partial charge in [-0.05, 0) is 44.4 Å². The summed E-state index contributed by atoms with van der Waals surface area (Å²) in [5, 5.41) is 9.87. The standard InChI is InChI=1S/C17H24N4O2/c1-12-5-3-7-21(11-12)13(2)10-18-17(22)15-9-14(19-20-15)16-6-4-8-23-16/h4,6,8-9,12-13H,3,5,7,10-11H2,1-2H3,(H,18,22)(H,19,20). The number of amides is 1. The second kappa shape index (κ2) is 7.00. The van der Waals surface area contributed by atoms with Gasteiger partial charge in [0.1, 0.15) is 5.69 Å². The molecule has 0 bridgehead atoms. The van der Waals surface area contributed by atoms with Crippen LogP contribution in [-0.4, -0.2) is 46.7 Å². The van der Waals surface area contributed by atoms with Crippen LogP contribution in [0.4, 0.5) is 0 Å². The highest BCUT2D eigenvalue weighted by Crippen LogP contribution is 2.18. The fourth-order valence-corrected chi connectivity index (χ4v) is 3.08. The molecule has 0 radical (unpaired) electrons. The molecule has 2 atom stereocenters. The number of rotatable bonds is 5. The maximum Gasteiger partial charge on any atom is 0.271 e. The van der Waals surface area contributed by atoms with Crippen LogP contribution >= 0.6 is 0 Å². The number of nitrogens with zero attached hydrogens (tertiary/aromatic N) is 2. The average molecular weight is 316 g/mol. The second-order valence-corrected chi connectivity index (χ2v) is 6.45. The van der Waals surface area contributed by atoms with Gasteiger partial charge >= 0.3 is 0 Å². The first-order valence-corrected chi connectivity index (χ1v) is 8.25. The molecule has 1 aliphatic rings. The van der Waals surface area contributed by atoms with Crippen molar-refractivity contribution >= 4 is 5.91 Å². The molecule has 1 saturated heterocycles. The van der Waals surface area contributed by atoms with Gasteiger partial charge in [0.2, 0.25) is 0 Å². The van der Waals surface area contributed by atoms with Crippen molar-refractivity contribution in [1.82, 2.24) is 20.4 Å². The van der Waals surface area contributed by atoms with E-state index in [0.717, 1.165) is 19.0 Å². The van der Waals surface area contributed by atoms with Gasteiger partial charge in [0.15, 0.2) is 11.5 Å². The Morgan fingerprint density at radius 3 is 3.22 bits per heavy atom. The predicted octanol–water partition coefficient (Wildman–Crippen LogP) is 2.52. The van der Waals surface area contributed by atoms with Gasteiger partial charge in [0.05, 0.1) is 6.26 Å². The van der Waals surface area contributed by atoms with Crippen LogP contribution in [-0.2, 0) is 0 Å². The Kier molecular flexibility index (Phi) is 4.81. The van der Waals surface area contributed by atoms with E-state index in [2.05, 4.69) is 34.3 Å². The van der Waals surface area contributed by atoms with Gasteiger partial charge in [-0.25, -0.2) is 0 Å². The summed E-state index contributed by atoms with van der Waals surface area (Å²) >= 11 is 0. The lowest BCUT2D eigenvalue weighted by atomic mass is 9.99. The molecule has 1 aliphatic heterocycles. The maximum absolute atomic E-state index is 12.2. The molecule has 2 N–H and O–H groups in total. The number of likely N-dealkylation sites (tertiary alicyclic amines) is 1. The van der Waals surface area contributed by atoms with Crippen molar-refractivity contribution in [2.75, 3.05) is 19.6 Å². The van der Waals surface area contributed by atoms with Gasteiger partial charge in [-0.1, -0.05) is 6.92 Å². The van der Waals surface area contributed by atoms with E-state index in [0.29, 0.717) is 29.7 Å². The summed E-state index contributed by atoms with van der Waals surface area (Å²) in [6.07, 6.45) is 4.14. The second-order valence-electron chi connectivity index (χ2n) is 6.45. The molecule has 23 heavy (non-hydrogen) atoms. The zero-order valence-corrected chi connectivity index (χ0v) is 13.7. The zero-order chi connectivity index (χ0) is 16.2. The van der Waals surface area contributed by atoms with Gasteiger partial charge in [-0.2, -0.15) is 5.10 Å². The molecule has 0 aromatic carbocycles. The summed E-state index contributed by atoms with van der Waals surface area (Å²) in [6, 6.07) is 5.68. The van der Waals surface area contributed by atoms with Crippen molar-refractivity contribution in [2.24, 2.45) is 5.92 Å². The fraction of sp³-hybridized carbons (Fsp3) is 0.529. The van der Waals surface area contributed by atoms with E-state index in [1.54, 1.807) is 18.4 Å². The third-order valence-electron chi connectivity index (χ3n) is 4.47. The number of H-pyrrole nitrogens is 1. The number of aromatic nitrogens is 2. The number of aromatic amines is 1. The van der Waals surface area contributed by atoms with Crippen LogP contribution < -0.4 is 5.32 Å². The number of furan rings is 1. The number of piperidine rings is 1. The van der Waals surface area contributed by atoms with Gasteiger partial charge < -0.3 is 9.73 Å². The van der Waals surface area contributed by atoms with Crippen LogP contribution in [0.3, 0.4) is 0 Å². The lowest BCUT2D eigenvalue weighted by Gasteiger charge is -2.35. The number of carbonyl (C=O) groups is 1.